The van der Waals surface area contributed by atoms with Gasteiger partial charge in [0.1, 0.15) is 24.2 Å². The van der Waals surface area contributed by atoms with Crippen molar-refractivity contribution in [2.24, 2.45) is 22.2 Å². The smallest absolute Gasteiger partial charge is 0.326 e. The number of carboxylic acid groups (broad SMARTS) is 1. The number of rotatable bonds is 13. The average molecular weight is 447 g/mol. The third kappa shape index (κ3) is 10.6. The SMILES string of the molecule is CC(NC(=O)C(NC(=O)C(N)C(C)O)C(C)O)C(=O)NC(CCCN=C(N)N)C(=O)O. The van der Waals surface area contributed by atoms with Crippen molar-refractivity contribution in [3.63, 3.8) is 0 Å². The minimum atomic E-state index is -1.46. The molecule has 0 aliphatic heterocycles. The number of hydrogen-bond donors (Lipinski definition) is 9. The number of nitrogens with two attached hydrogens (primary N) is 3. The summed E-state index contributed by atoms with van der Waals surface area (Å²) >= 11 is 0. The van der Waals surface area contributed by atoms with Crippen LogP contribution in [0.4, 0.5) is 0 Å². The first-order valence-corrected chi connectivity index (χ1v) is 9.58. The molecule has 0 aromatic heterocycles. The number of aliphatic hydroxyl groups is 2. The Hall–Kier alpha value is -2.97. The molecular formula is C17H33N7O7. The van der Waals surface area contributed by atoms with E-state index in [1.165, 1.54) is 20.8 Å². The highest BCUT2D eigenvalue weighted by molar-refractivity contribution is 5.94. The summed E-state index contributed by atoms with van der Waals surface area (Å²) in [6.07, 6.45) is -2.21. The number of nitrogens with one attached hydrogen (secondary N) is 3. The zero-order valence-electron chi connectivity index (χ0n) is 17.7. The summed E-state index contributed by atoms with van der Waals surface area (Å²) in [5.74, 6) is -3.98. The van der Waals surface area contributed by atoms with E-state index in [4.69, 9.17) is 17.2 Å². The molecule has 0 radical (unpaired) electrons. The van der Waals surface area contributed by atoms with Gasteiger partial charge in [0.25, 0.3) is 0 Å². The third-order valence-electron chi connectivity index (χ3n) is 4.20. The van der Waals surface area contributed by atoms with Crippen LogP contribution in [-0.4, -0.2) is 87.9 Å². The molecule has 0 saturated carbocycles. The van der Waals surface area contributed by atoms with Gasteiger partial charge in [-0.2, -0.15) is 0 Å². The van der Waals surface area contributed by atoms with E-state index in [1.807, 2.05) is 0 Å². The molecule has 0 heterocycles. The van der Waals surface area contributed by atoms with Crippen molar-refractivity contribution in [1.82, 2.24) is 16.0 Å². The van der Waals surface area contributed by atoms with Gasteiger partial charge in [-0.1, -0.05) is 0 Å². The Bertz CT molecular complexity index is 665. The molecule has 6 atom stereocenters. The highest BCUT2D eigenvalue weighted by atomic mass is 16.4. The van der Waals surface area contributed by atoms with E-state index in [0.29, 0.717) is 0 Å². The Morgan fingerprint density at radius 3 is 1.94 bits per heavy atom. The molecule has 0 aromatic carbocycles. The molecule has 0 aromatic rings. The maximum absolute atomic E-state index is 12.4. The van der Waals surface area contributed by atoms with Crippen LogP contribution in [0.25, 0.3) is 0 Å². The van der Waals surface area contributed by atoms with Crippen molar-refractivity contribution in [3.05, 3.63) is 0 Å². The number of carboxylic acids is 1. The molecule has 14 heteroatoms. The number of carbonyl (C=O) groups is 4. The quantitative estimate of drug-likeness (QED) is 0.0745. The summed E-state index contributed by atoms with van der Waals surface area (Å²) in [7, 11) is 0. The highest BCUT2D eigenvalue weighted by Gasteiger charge is 2.31. The number of carbonyl (C=O) groups excluding carboxylic acids is 3. The van der Waals surface area contributed by atoms with E-state index in [0.717, 1.165) is 0 Å². The second-order valence-corrected chi connectivity index (χ2v) is 7.07. The molecule has 0 saturated heterocycles. The summed E-state index contributed by atoms with van der Waals surface area (Å²) in [4.78, 5) is 51.7. The highest BCUT2D eigenvalue weighted by Crippen LogP contribution is 2.01. The van der Waals surface area contributed by atoms with Crippen molar-refractivity contribution in [2.45, 2.75) is 70.0 Å². The van der Waals surface area contributed by atoms with Crippen LogP contribution in [0.3, 0.4) is 0 Å². The molecule has 12 N–H and O–H groups in total. The molecule has 0 spiro atoms. The lowest BCUT2D eigenvalue weighted by molar-refractivity contribution is -0.142. The van der Waals surface area contributed by atoms with Crippen LogP contribution < -0.4 is 33.2 Å². The predicted molar refractivity (Wildman–Crippen MR) is 110 cm³/mol. The largest absolute Gasteiger partial charge is 0.480 e. The standard InChI is InChI=1S/C17H33N7O7/c1-7(13(27)23-10(16(30)31)5-4-6-21-17(19)20)22-15(29)12(9(3)26)24-14(28)11(18)8(2)25/h7-12,25-26H,4-6,18H2,1-3H3,(H,22,29)(H,23,27)(H,24,28)(H,30,31)(H4,19,20,21). The molecular weight excluding hydrogens is 414 g/mol. The van der Waals surface area contributed by atoms with Crippen molar-refractivity contribution in [1.29, 1.82) is 0 Å². The first-order chi connectivity index (χ1) is 14.3. The van der Waals surface area contributed by atoms with Crippen LogP contribution in [-0.2, 0) is 19.2 Å². The lowest BCUT2D eigenvalue weighted by Gasteiger charge is -2.25. The number of hydrogen-bond acceptors (Lipinski definition) is 8. The lowest BCUT2D eigenvalue weighted by atomic mass is 10.1. The van der Waals surface area contributed by atoms with Gasteiger partial charge in [-0.15, -0.1) is 0 Å². The Morgan fingerprint density at radius 2 is 1.48 bits per heavy atom. The van der Waals surface area contributed by atoms with Gasteiger partial charge >= 0.3 is 5.97 Å². The van der Waals surface area contributed by atoms with Crippen molar-refractivity contribution in [3.8, 4) is 0 Å². The summed E-state index contributed by atoms with van der Waals surface area (Å²) in [6, 6.07) is -5.21. The number of guanidine groups is 1. The van der Waals surface area contributed by atoms with Crippen molar-refractivity contribution in [2.75, 3.05) is 6.54 Å². The predicted octanol–water partition coefficient (Wildman–Crippen LogP) is -4.31. The van der Waals surface area contributed by atoms with Crippen LogP contribution in [0.15, 0.2) is 4.99 Å². The number of aliphatic imine (C=N–C) groups is 1. The minimum absolute atomic E-state index is 0.0438. The number of aliphatic hydroxyl groups excluding tert-OH is 2. The topological polar surface area (TPSA) is 255 Å². The zero-order valence-corrected chi connectivity index (χ0v) is 17.7. The Morgan fingerprint density at radius 1 is 0.903 bits per heavy atom. The molecule has 3 amide bonds. The maximum Gasteiger partial charge on any atom is 0.326 e. The first kappa shape index (κ1) is 28.0. The van der Waals surface area contributed by atoms with E-state index in [-0.39, 0.29) is 25.3 Å². The summed E-state index contributed by atoms with van der Waals surface area (Å²) in [5.41, 5.74) is 15.9. The summed E-state index contributed by atoms with van der Waals surface area (Å²) in [6.45, 7) is 4.00. The second kappa shape index (κ2) is 13.4. The molecule has 6 unspecified atom stereocenters. The summed E-state index contributed by atoms with van der Waals surface area (Å²) < 4.78 is 0. The van der Waals surface area contributed by atoms with Crippen LogP contribution >= 0.6 is 0 Å². The van der Waals surface area contributed by atoms with Gasteiger partial charge in [0.05, 0.1) is 12.2 Å². The Balaban J connectivity index is 4.94. The molecule has 0 aliphatic rings. The monoisotopic (exact) mass is 447 g/mol. The molecule has 0 aliphatic carbocycles. The molecule has 0 rings (SSSR count). The van der Waals surface area contributed by atoms with Crippen LogP contribution in [0.1, 0.15) is 33.6 Å². The van der Waals surface area contributed by atoms with E-state index in [2.05, 4.69) is 20.9 Å². The van der Waals surface area contributed by atoms with Gasteiger partial charge < -0.3 is 48.5 Å². The van der Waals surface area contributed by atoms with Crippen molar-refractivity contribution >= 4 is 29.7 Å². The van der Waals surface area contributed by atoms with Gasteiger partial charge in [0.15, 0.2) is 5.96 Å². The van der Waals surface area contributed by atoms with Gasteiger partial charge in [-0.3, -0.25) is 19.4 Å². The van der Waals surface area contributed by atoms with Crippen LogP contribution in [0.2, 0.25) is 0 Å². The van der Waals surface area contributed by atoms with Gasteiger partial charge in [0.2, 0.25) is 17.7 Å². The number of aliphatic carboxylic acids is 1. The van der Waals surface area contributed by atoms with Gasteiger partial charge in [-0.05, 0) is 33.6 Å². The lowest BCUT2D eigenvalue weighted by Crippen LogP contribution is -2.60. The van der Waals surface area contributed by atoms with E-state index in [9.17, 15) is 34.5 Å². The van der Waals surface area contributed by atoms with Crippen LogP contribution in [0.5, 0.6) is 0 Å². The molecule has 0 fully saturated rings. The van der Waals surface area contributed by atoms with Gasteiger partial charge in [-0.25, -0.2) is 4.79 Å². The first-order valence-electron chi connectivity index (χ1n) is 9.58. The number of amides is 3. The fourth-order valence-corrected chi connectivity index (χ4v) is 2.30. The summed E-state index contributed by atoms with van der Waals surface area (Å²) in [5, 5.41) is 35.2. The molecule has 31 heavy (non-hydrogen) atoms. The molecule has 14 nitrogen and oxygen atoms in total. The van der Waals surface area contributed by atoms with Gasteiger partial charge in [0, 0.05) is 6.54 Å². The fourth-order valence-electron chi connectivity index (χ4n) is 2.30. The molecule has 0 bridgehead atoms. The number of nitrogens with zero attached hydrogens (tertiary/aromatic N) is 1. The maximum atomic E-state index is 12.4. The Kier molecular flexibility index (Phi) is 12.1. The zero-order chi connectivity index (χ0) is 24.3. The average Bonchev–Trinajstić information content (AvgIpc) is 2.66. The van der Waals surface area contributed by atoms with E-state index in [1.54, 1.807) is 0 Å². The Labute approximate surface area is 179 Å². The second-order valence-electron chi connectivity index (χ2n) is 7.07. The molecule has 178 valence electrons. The minimum Gasteiger partial charge on any atom is -0.480 e. The van der Waals surface area contributed by atoms with E-state index >= 15 is 0 Å². The fraction of sp³-hybridized carbons (Fsp3) is 0.706. The van der Waals surface area contributed by atoms with Crippen molar-refractivity contribution < 1.29 is 34.5 Å². The third-order valence-corrected chi connectivity index (χ3v) is 4.20. The van der Waals surface area contributed by atoms with E-state index < -0.39 is 60.1 Å². The van der Waals surface area contributed by atoms with Crippen LogP contribution in [0, 0.1) is 0 Å². The normalized spacial score (nSPS) is 16.6.